The molecule has 0 aliphatic rings. The van der Waals surface area contributed by atoms with Crippen LogP contribution in [0.2, 0.25) is 0 Å². The van der Waals surface area contributed by atoms with Crippen LogP contribution in [0, 0.1) is 6.92 Å². The summed E-state index contributed by atoms with van der Waals surface area (Å²) in [6.45, 7) is 5.50. The van der Waals surface area contributed by atoms with Crippen LogP contribution in [-0.4, -0.2) is 15.5 Å². The number of amides is 1. The molecule has 2 aromatic carbocycles. The van der Waals surface area contributed by atoms with Crippen molar-refractivity contribution in [3.63, 3.8) is 0 Å². The number of carbonyl (C=O) groups is 1. The second kappa shape index (κ2) is 8.11. The normalized spacial score (nSPS) is 11.7. The topological polar surface area (TPSA) is 46.9 Å². The van der Waals surface area contributed by atoms with Gasteiger partial charge in [0, 0.05) is 18.2 Å². The molecular weight excluding hydrogens is 379 g/mol. The number of imidazole rings is 1. The molecule has 1 amide bonds. The fourth-order valence-electron chi connectivity index (χ4n) is 3.24. The number of rotatable bonds is 5. The summed E-state index contributed by atoms with van der Waals surface area (Å²) in [7, 11) is 0. The zero-order chi connectivity index (χ0) is 21.2. The minimum absolute atomic E-state index is 0.0116. The summed E-state index contributed by atoms with van der Waals surface area (Å²) in [5.41, 5.74) is 0.985. The Morgan fingerprint density at radius 1 is 1.07 bits per heavy atom. The van der Waals surface area contributed by atoms with Crippen LogP contribution in [0.5, 0.6) is 0 Å². The van der Waals surface area contributed by atoms with E-state index in [1.54, 1.807) is 6.92 Å². The third-order valence-corrected chi connectivity index (χ3v) is 4.64. The lowest BCUT2D eigenvalue weighted by atomic mass is 10.1. The number of nitrogens with zero attached hydrogens (tertiary/aromatic N) is 2. The maximum Gasteiger partial charge on any atom is 0.416 e. The van der Waals surface area contributed by atoms with E-state index in [-0.39, 0.29) is 23.7 Å². The van der Waals surface area contributed by atoms with Gasteiger partial charge in [0.2, 0.25) is 0 Å². The number of para-hydroxylation sites is 1. The molecule has 3 aromatic rings. The molecule has 0 atom stereocenters. The standard InChI is InChI=1S/C22H22F3N3O/c1-14(2)20-27-19(15(3)28(20)17-10-5-4-6-11-17)21(29)26-13-16-9-7-8-12-18(16)22(23,24)25/h4-12,14H,13H2,1-3H3,(H,26,29). The Bertz CT molecular complexity index is 1010. The number of hydrogen-bond acceptors (Lipinski definition) is 2. The molecule has 0 fully saturated rings. The summed E-state index contributed by atoms with van der Waals surface area (Å²) in [4.78, 5) is 17.2. The number of benzene rings is 2. The lowest BCUT2D eigenvalue weighted by molar-refractivity contribution is -0.138. The summed E-state index contributed by atoms with van der Waals surface area (Å²) >= 11 is 0. The Morgan fingerprint density at radius 3 is 2.31 bits per heavy atom. The van der Waals surface area contributed by atoms with E-state index in [4.69, 9.17) is 0 Å². The maximum absolute atomic E-state index is 13.2. The molecule has 0 spiro atoms. The van der Waals surface area contributed by atoms with E-state index in [1.165, 1.54) is 18.2 Å². The van der Waals surface area contributed by atoms with Gasteiger partial charge in [0.1, 0.15) is 11.5 Å². The van der Waals surface area contributed by atoms with Crippen molar-refractivity contribution in [1.82, 2.24) is 14.9 Å². The van der Waals surface area contributed by atoms with E-state index in [0.717, 1.165) is 17.6 Å². The predicted octanol–water partition coefficient (Wildman–Crippen LogP) is 5.25. The summed E-state index contributed by atoms with van der Waals surface area (Å²) < 4.78 is 41.4. The molecule has 1 heterocycles. The van der Waals surface area contributed by atoms with Crippen LogP contribution < -0.4 is 5.32 Å². The molecule has 0 radical (unpaired) electrons. The van der Waals surface area contributed by atoms with Crippen molar-refractivity contribution < 1.29 is 18.0 Å². The molecule has 29 heavy (non-hydrogen) atoms. The molecule has 152 valence electrons. The number of nitrogens with one attached hydrogen (secondary N) is 1. The van der Waals surface area contributed by atoms with E-state index in [2.05, 4.69) is 10.3 Å². The molecule has 3 rings (SSSR count). The van der Waals surface area contributed by atoms with Gasteiger partial charge in [-0.25, -0.2) is 4.98 Å². The first-order valence-corrected chi connectivity index (χ1v) is 9.28. The fraction of sp³-hybridized carbons (Fsp3) is 0.273. The van der Waals surface area contributed by atoms with E-state index in [9.17, 15) is 18.0 Å². The fourth-order valence-corrected chi connectivity index (χ4v) is 3.24. The highest BCUT2D eigenvalue weighted by atomic mass is 19.4. The third-order valence-electron chi connectivity index (χ3n) is 4.64. The molecule has 0 bridgehead atoms. The molecule has 0 saturated heterocycles. The van der Waals surface area contributed by atoms with Crippen molar-refractivity contribution in [2.24, 2.45) is 0 Å². The molecule has 0 unspecified atom stereocenters. The smallest absolute Gasteiger partial charge is 0.347 e. The summed E-state index contributed by atoms with van der Waals surface area (Å²) in [5.74, 6) is 0.270. The zero-order valence-electron chi connectivity index (χ0n) is 16.4. The SMILES string of the molecule is Cc1c(C(=O)NCc2ccccc2C(F)(F)F)nc(C(C)C)n1-c1ccccc1. The van der Waals surface area contributed by atoms with Gasteiger partial charge in [0.05, 0.1) is 11.3 Å². The van der Waals surface area contributed by atoms with E-state index in [0.29, 0.717) is 5.69 Å². The number of halogens is 3. The highest BCUT2D eigenvalue weighted by Crippen LogP contribution is 2.32. The Labute approximate surface area is 167 Å². The maximum atomic E-state index is 13.2. The van der Waals surface area contributed by atoms with Crippen LogP contribution in [0.15, 0.2) is 54.6 Å². The molecule has 4 nitrogen and oxygen atoms in total. The largest absolute Gasteiger partial charge is 0.416 e. The van der Waals surface area contributed by atoms with Crippen LogP contribution in [-0.2, 0) is 12.7 Å². The molecule has 0 saturated carbocycles. The van der Waals surface area contributed by atoms with Crippen molar-refractivity contribution in [2.75, 3.05) is 0 Å². The molecular formula is C22H22F3N3O. The van der Waals surface area contributed by atoms with Crippen molar-refractivity contribution in [1.29, 1.82) is 0 Å². The van der Waals surface area contributed by atoms with Crippen molar-refractivity contribution in [3.05, 3.63) is 82.9 Å². The molecule has 0 aliphatic carbocycles. The Balaban J connectivity index is 1.90. The minimum Gasteiger partial charge on any atom is -0.347 e. The van der Waals surface area contributed by atoms with E-state index < -0.39 is 17.6 Å². The highest BCUT2D eigenvalue weighted by molar-refractivity contribution is 5.93. The second-order valence-electron chi connectivity index (χ2n) is 7.07. The van der Waals surface area contributed by atoms with Crippen LogP contribution >= 0.6 is 0 Å². The van der Waals surface area contributed by atoms with Gasteiger partial charge in [0.25, 0.3) is 5.91 Å². The quantitative estimate of drug-likeness (QED) is 0.635. The predicted molar refractivity (Wildman–Crippen MR) is 105 cm³/mol. The van der Waals surface area contributed by atoms with E-state index >= 15 is 0 Å². The number of carbonyl (C=O) groups excluding carboxylic acids is 1. The Kier molecular flexibility index (Phi) is 5.77. The Hall–Kier alpha value is -3.09. The molecule has 0 aliphatic heterocycles. The van der Waals surface area contributed by atoms with Gasteiger partial charge in [-0.3, -0.25) is 9.36 Å². The van der Waals surface area contributed by atoms with Gasteiger partial charge in [-0.15, -0.1) is 0 Å². The van der Waals surface area contributed by atoms with Crippen molar-refractivity contribution in [3.8, 4) is 5.69 Å². The van der Waals surface area contributed by atoms with E-state index in [1.807, 2.05) is 48.7 Å². The van der Waals surface area contributed by atoms with Gasteiger partial charge in [-0.1, -0.05) is 50.2 Å². The average molecular weight is 401 g/mol. The summed E-state index contributed by atoms with van der Waals surface area (Å²) in [6, 6.07) is 14.7. The van der Waals surface area contributed by atoms with Gasteiger partial charge >= 0.3 is 6.18 Å². The second-order valence-corrected chi connectivity index (χ2v) is 7.07. The highest BCUT2D eigenvalue weighted by Gasteiger charge is 2.33. The van der Waals surface area contributed by atoms with Crippen molar-refractivity contribution in [2.45, 2.75) is 39.4 Å². The van der Waals surface area contributed by atoms with Crippen LogP contribution in [0.1, 0.15) is 52.9 Å². The number of alkyl halides is 3. The summed E-state index contributed by atoms with van der Waals surface area (Å²) in [5, 5.41) is 2.58. The first-order valence-electron chi connectivity index (χ1n) is 9.28. The minimum atomic E-state index is -4.48. The monoisotopic (exact) mass is 401 g/mol. The van der Waals surface area contributed by atoms with Gasteiger partial charge in [-0.05, 0) is 30.7 Å². The first kappa shape index (κ1) is 20.6. The van der Waals surface area contributed by atoms with Crippen LogP contribution in [0.3, 0.4) is 0 Å². The molecule has 1 N–H and O–H groups in total. The summed E-state index contributed by atoms with van der Waals surface area (Å²) in [6.07, 6.45) is -4.48. The number of aromatic nitrogens is 2. The van der Waals surface area contributed by atoms with Gasteiger partial charge < -0.3 is 5.32 Å². The van der Waals surface area contributed by atoms with Crippen molar-refractivity contribution >= 4 is 5.91 Å². The Morgan fingerprint density at radius 2 is 1.69 bits per heavy atom. The average Bonchev–Trinajstić information content (AvgIpc) is 3.04. The van der Waals surface area contributed by atoms with Crippen LogP contribution in [0.25, 0.3) is 5.69 Å². The first-order chi connectivity index (χ1) is 13.7. The van der Waals surface area contributed by atoms with Gasteiger partial charge in [0.15, 0.2) is 0 Å². The van der Waals surface area contributed by atoms with Crippen LogP contribution in [0.4, 0.5) is 13.2 Å². The lowest BCUT2D eigenvalue weighted by Crippen LogP contribution is -2.25. The number of hydrogen-bond donors (Lipinski definition) is 1. The van der Waals surface area contributed by atoms with Gasteiger partial charge in [-0.2, -0.15) is 13.2 Å². The third kappa shape index (κ3) is 4.34. The lowest BCUT2D eigenvalue weighted by Gasteiger charge is -2.13. The molecule has 1 aromatic heterocycles. The zero-order valence-corrected chi connectivity index (χ0v) is 16.4. The molecule has 7 heteroatoms.